The van der Waals surface area contributed by atoms with Gasteiger partial charge in [-0.25, -0.2) is 4.98 Å². The van der Waals surface area contributed by atoms with Crippen LogP contribution in [0.1, 0.15) is 63.1 Å². The van der Waals surface area contributed by atoms with Crippen LogP contribution in [-0.2, 0) is 13.0 Å². The summed E-state index contributed by atoms with van der Waals surface area (Å²) in [5.74, 6) is 1.28. The third kappa shape index (κ3) is 7.74. The molecule has 0 saturated carbocycles. The number of aromatic nitrogens is 1. The monoisotopic (exact) mass is 365 g/mol. The van der Waals surface area contributed by atoms with Gasteiger partial charge in [0.1, 0.15) is 0 Å². The number of aliphatic imine (C=N–C) groups is 1. The highest BCUT2D eigenvalue weighted by Crippen LogP contribution is 2.20. The molecule has 2 rings (SSSR count). The van der Waals surface area contributed by atoms with E-state index in [2.05, 4.69) is 39.4 Å². The number of unbranched alkanes of at least 4 members (excludes halogenated alkanes) is 3. The first-order valence-electron chi connectivity index (χ1n) is 9.90. The zero-order chi connectivity index (χ0) is 17.9. The van der Waals surface area contributed by atoms with Crippen LogP contribution in [-0.4, -0.2) is 42.0 Å². The zero-order valence-electron chi connectivity index (χ0n) is 16.0. The maximum atomic E-state index is 5.97. The van der Waals surface area contributed by atoms with Crippen LogP contribution in [0.15, 0.2) is 10.4 Å². The smallest absolute Gasteiger partial charge is 0.188 e. The van der Waals surface area contributed by atoms with Crippen molar-refractivity contribution >= 4 is 17.3 Å². The molecule has 1 fully saturated rings. The summed E-state index contributed by atoms with van der Waals surface area (Å²) in [4.78, 5) is 11.7. The number of likely N-dealkylation sites (tertiary alicyclic amines) is 1. The molecule has 0 unspecified atom stereocenters. The molecule has 142 valence electrons. The van der Waals surface area contributed by atoms with Crippen molar-refractivity contribution in [2.75, 3.05) is 26.2 Å². The van der Waals surface area contributed by atoms with E-state index in [0.717, 1.165) is 39.1 Å². The van der Waals surface area contributed by atoms with Crippen molar-refractivity contribution in [2.24, 2.45) is 16.6 Å². The third-order valence-electron chi connectivity index (χ3n) is 4.85. The second-order valence-corrected chi connectivity index (χ2v) is 7.96. The minimum atomic E-state index is 0.619. The van der Waals surface area contributed by atoms with Gasteiger partial charge in [0.15, 0.2) is 5.96 Å². The topological polar surface area (TPSA) is 66.5 Å². The molecule has 0 amide bonds. The van der Waals surface area contributed by atoms with Crippen molar-refractivity contribution < 1.29 is 0 Å². The highest BCUT2D eigenvalue weighted by atomic mass is 32.1. The number of hydrogen-bond donors (Lipinski definition) is 2. The zero-order valence-corrected chi connectivity index (χ0v) is 16.8. The molecule has 0 spiro atoms. The van der Waals surface area contributed by atoms with Gasteiger partial charge in [-0.15, -0.1) is 11.3 Å². The number of nitrogens with two attached hydrogens (primary N) is 1. The van der Waals surface area contributed by atoms with Crippen LogP contribution >= 0.6 is 11.3 Å². The Balaban J connectivity index is 1.60. The Bertz CT molecular complexity index is 506. The van der Waals surface area contributed by atoms with E-state index in [0.29, 0.717) is 11.9 Å². The molecule has 2 heterocycles. The maximum Gasteiger partial charge on any atom is 0.188 e. The first-order valence-corrected chi connectivity index (χ1v) is 10.8. The molecular formula is C19H35N5S. The van der Waals surface area contributed by atoms with Gasteiger partial charge in [0, 0.05) is 25.0 Å². The number of aryl methyl sites for hydroxylation is 1. The Kier molecular flexibility index (Phi) is 9.26. The first-order chi connectivity index (χ1) is 12.2. The third-order valence-corrected chi connectivity index (χ3v) is 5.89. The summed E-state index contributed by atoms with van der Waals surface area (Å²) in [6.07, 6.45) is 8.48. The second-order valence-electron chi connectivity index (χ2n) is 7.02. The number of nitrogens with one attached hydrogen (secondary N) is 1. The van der Waals surface area contributed by atoms with Crippen LogP contribution < -0.4 is 11.1 Å². The SMILES string of the molecule is CCCCCCNC(N)=NCC1CCN(Cc2csc(CC)n2)CC1. The number of piperidine rings is 1. The molecular weight excluding hydrogens is 330 g/mol. The normalized spacial score (nSPS) is 17.1. The van der Waals surface area contributed by atoms with Gasteiger partial charge in [-0.2, -0.15) is 0 Å². The van der Waals surface area contributed by atoms with E-state index in [9.17, 15) is 0 Å². The second kappa shape index (κ2) is 11.5. The predicted octanol–water partition coefficient (Wildman–Crippen LogP) is 3.40. The van der Waals surface area contributed by atoms with Crippen molar-refractivity contribution in [3.05, 3.63) is 16.1 Å². The predicted molar refractivity (Wildman–Crippen MR) is 108 cm³/mol. The van der Waals surface area contributed by atoms with Crippen molar-refractivity contribution in [3.63, 3.8) is 0 Å². The quantitative estimate of drug-likeness (QED) is 0.379. The van der Waals surface area contributed by atoms with Crippen LogP contribution in [0.4, 0.5) is 0 Å². The van der Waals surface area contributed by atoms with E-state index in [-0.39, 0.29) is 0 Å². The average Bonchev–Trinajstić information content (AvgIpc) is 3.08. The van der Waals surface area contributed by atoms with Gasteiger partial charge in [-0.3, -0.25) is 9.89 Å². The summed E-state index contributed by atoms with van der Waals surface area (Å²) < 4.78 is 0. The number of nitrogens with zero attached hydrogens (tertiary/aromatic N) is 3. The largest absolute Gasteiger partial charge is 0.370 e. The summed E-state index contributed by atoms with van der Waals surface area (Å²) >= 11 is 1.78. The fourth-order valence-electron chi connectivity index (χ4n) is 3.19. The van der Waals surface area contributed by atoms with E-state index in [1.54, 1.807) is 11.3 Å². The molecule has 1 aliphatic rings. The Morgan fingerprint density at radius 1 is 1.32 bits per heavy atom. The molecule has 0 radical (unpaired) electrons. The van der Waals surface area contributed by atoms with Gasteiger partial charge in [-0.1, -0.05) is 33.1 Å². The van der Waals surface area contributed by atoms with Crippen molar-refractivity contribution in [3.8, 4) is 0 Å². The van der Waals surface area contributed by atoms with Crippen molar-refractivity contribution in [2.45, 2.75) is 65.3 Å². The summed E-state index contributed by atoms with van der Waals surface area (Å²) in [7, 11) is 0. The first kappa shape index (κ1) is 20.2. The van der Waals surface area contributed by atoms with E-state index in [4.69, 9.17) is 5.73 Å². The van der Waals surface area contributed by atoms with Gasteiger partial charge in [0.05, 0.1) is 10.7 Å². The molecule has 0 bridgehead atoms. The van der Waals surface area contributed by atoms with Crippen LogP contribution in [0.3, 0.4) is 0 Å². The highest BCUT2D eigenvalue weighted by molar-refractivity contribution is 7.09. The van der Waals surface area contributed by atoms with Gasteiger partial charge in [-0.05, 0) is 44.7 Å². The lowest BCUT2D eigenvalue weighted by molar-refractivity contribution is 0.179. The summed E-state index contributed by atoms with van der Waals surface area (Å²) in [6, 6.07) is 0. The molecule has 0 aromatic carbocycles. The molecule has 0 aliphatic carbocycles. The van der Waals surface area contributed by atoms with Crippen LogP contribution in [0.5, 0.6) is 0 Å². The molecule has 1 saturated heterocycles. The van der Waals surface area contributed by atoms with Gasteiger partial charge in [0.2, 0.25) is 0 Å². The molecule has 1 aliphatic heterocycles. The maximum absolute atomic E-state index is 5.97. The highest BCUT2D eigenvalue weighted by Gasteiger charge is 2.19. The Morgan fingerprint density at radius 3 is 2.80 bits per heavy atom. The molecule has 6 heteroatoms. The standard InChI is InChI=1S/C19H35N5S/c1-3-5-6-7-10-21-19(20)22-13-16-8-11-24(12-9-16)14-17-15-25-18(4-2)23-17/h15-16H,3-14H2,1-2H3,(H3,20,21,22). The van der Waals surface area contributed by atoms with E-state index >= 15 is 0 Å². The van der Waals surface area contributed by atoms with E-state index < -0.39 is 0 Å². The number of hydrogen-bond acceptors (Lipinski definition) is 4. The summed E-state index contributed by atoms with van der Waals surface area (Å²) in [5.41, 5.74) is 7.20. The van der Waals surface area contributed by atoms with Gasteiger partial charge < -0.3 is 11.1 Å². The fourth-order valence-corrected chi connectivity index (χ4v) is 3.93. The minimum Gasteiger partial charge on any atom is -0.370 e. The lowest BCUT2D eigenvalue weighted by atomic mass is 9.97. The Hall–Kier alpha value is -1.14. The summed E-state index contributed by atoms with van der Waals surface area (Å²) in [5, 5.41) is 6.70. The number of guanidine groups is 1. The van der Waals surface area contributed by atoms with Crippen LogP contribution in [0.25, 0.3) is 0 Å². The minimum absolute atomic E-state index is 0.619. The van der Waals surface area contributed by atoms with Crippen LogP contribution in [0, 0.1) is 5.92 Å². The summed E-state index contributed by atoms with van der Waals surface area (Å²) in [6.45, 7) is 9.48. The van der Waals surface area contributed by atoms with Crippen molar-refractivity contribution in [1.82, 2.24) is 15.2 Å². The Morgan fingerprint density at radius 2 is 2.12 bits per heavy atom. The molecule has 1 aromatic rings. The van der Waals surface area contributed by atoms with Crippen molar-refractivity contribution in [1.29, 1.82) is 0 Å². The molecule has 0 atom stereocenters. The van der Waals surface area contributed by atoms with E-state index in [1.807, 2.05) is 0 Å². The molecule has 5 nitrogen and oxygen atoms in total. The number of rotatable bonds is 10. The fraction of sp³-hybridized carbons (Fsp3) is 0.789. The lowest BCUT2D eigenvalue weighted by Gasteiger charge is -2.30. The van der Waals surface area contributed by atoms with E-state index in [1.165, 1.54) is 49.2 Å². The molecule has 3 N–H and O–H groups in total. The van der Waals surface area contributed by atoms with Gasteiger partial charge >= 0.3 is 0 Å². The van der Waals surface area contributed by atoms with Gasteiger partial charge in [0.25, 0.3) is 0 Å². The number of thiazole rings is 1. The molecule has 25 heavy (non-hydrogen) atoms. The Labute approximate surface area is 157 Å². The lowest BCUT2D eigenvalue weighted by Crippen LogP contribution is -2.36. The van der Waals surface area contributed by atoms with Crippen LogP contribution in [0.2, 0.25) is 0 Å². The average molecular weight is 366 g/mol. The molecule has 1 aromatic heterocycles.